The molecule has 0 saturated heterocycles. The van der Waals surface area contributed by atoms with Crippen LogP contribution in [-0.2, 0) is 4.79 Å². The van der Waals surface area contributed by atoms with Crippen LogP contribution in [0.1, 0.15) is 11.3 Å². The van der Waals surface area contributed by atoms with Crippen molar-refractivity contribution >= 4 is 40.9 Å². The van der Waals surface area contributed by atoms with Gasteiger partial charge in [-0.3, -0.25) is 4.79 Å². The van der Waals surface area contributed by atoms with Crippen molar-refractivity contribution in [2.24, 2.45) is 0 Å². The first-order chi connectivity index (χ1) is 13.0. The van der Waals surface area contributed by atoms with E-state index in [0.29, 0.717) is 32.8 Å². The third kappa shape index (κ3) is 4.40. The summed E-state index contributed by atoms with van der Waals surface area (Å²) in [5.41, 5.74) is 2.16. The standard InChI is InChI=1S/C21H14Cl2N2O2/c1-13-4-2-3-5-19(13)25-21(26)14(12-24)10-16-7-9-20(27-16)17-8-6-15(22)11-18(17)23/h2-11H,1H3,(H,25,26)/b14-10+. The summed E-state index contributed by atoms with van der Waals surface area (Å²) in [6.45, 7) is 1.88. The third-order valence-corrected chi connectivity index (χ3v) is 4.42. The van der Waals surface area contributed by atoms with Gasteiger partial charge < -0.3 is 9.73 Å². The van der Waals surface area contributed by atoms with E-state index in [1.807, 2.05) is 31.2 Å². The second-order valence-electron chi connectivity index (χ2n) is 5.77. The molecule has 1 N–H and O–H groups in total. The number of hydrogen-bond acceptors (Lipinski definition) is 3. The topological polar surface area (TPSA) is 66.0 Å². The quantitative estimate of drug-likeness (QED) is 0.427. The van der Waals surface area contributed by atoms with Crippen molar-refractivity contribution in [3.63, 3.8) is 0 Å². The van der Waals surface area contributed by atoms with E-state index in [-0.39, 0.29) is 5.57 Å². The summed E-state index contributed by atoms with van der Waals surface area (Å²) in [5.74, 6) is 0.376. The zero-order valence-corrected chi connectivity index (χ0v) is 15.8. The number of furan rings is 1. The van der Waals surface area contributed by atoms with Gasteiger partial charge in [0.05, 0.1) is 5.02 Å². The highest BCUT2D eigenvalue weighted by atomic mass is 35.5. The van der Waals surface area contributed by atoms with Gasteiger partial charge in [0, 0.05) is 22.3 Å². The van der Waals surface area contributed by atoms with Gasteiger partial charge in [0.1, 0.15) is 23.2 Å². The van der Waals surface area contributed by atoms with E-state index in [1.165, 1.54) is 6.08 Å². The van der Waals surface area contributed by atoms with Crippen LogP contribution in [0.2, 0.25) is 10.0 Å². The number of anilines is 1. The highest BCUT2D eigenvalue weighted by Gasteiger charge is 2.13. The highest BCUT2D eigenvalue weighted by molar-refractivity contribution is 6.36. The molecule has 0 spiro atoms. The summed E-state index contributed by atoms with van der Waals surface area (Å²) in [4.78, 5) is 12.4. The molecule has 4 nitrogen and oxygen atoms in total. The van der Waals surface area contributed by atoms with Crippen molar-refractivity contribution in [2.45, 2.75) is 6.92 Å². The summed E-state index contributed by atoms with van der Waals surface area (Å²) in [7, 11) is 0. The molecule has 1 amide bonds. The molecule has 0 aliphatic carbocycles. The Morgan fingerprint density at radius 3 is 2.63 bits per heavy atom. The monoisotopic (exact) mass is 396 g/mol. The molecule has 0 unspecified atom stereocenters. The van der Waals surface area contributed by atoms with Gasteiger partial charge in [-0.05, 0) is 48.9 Å². The van der Waals surface area contributed by atoms with Crippen molar-refractivity contribution < 1.29 is 9.21 Å². The molecule has 0 aliphatic heterocycles. The number of carbonyl (C=O) groups excluding carboxylic acids is 1. The predicted octanol–water partition coefficient (Wildman–Crippen LogP) is 6.11. The summed E-state index contributed by atoms with van der Waals surface area (Å²) >= 11 is 12.1. The van der Waals surface area contributed by atoms with Gasteiger partial charge in [0.2, 0.25) is 0 Å². The highest BCUT2D eigenvalue weighted by Crippen LogP contribution is 2.32. The number of halogens is 2. The lowest BCUT2D eigenvalue weighted by Gasteiger charge is -2.06. The van der Waals surface area contributed by atoms with Gasteiger partial charge in [-0.1, -0.05) is 41.4 Å². The third-order valence-electron chi connectivity index (χ3n) is 3.87. The molecular weight excluding hydrogens is 383 g/mol. The number of nitrogens with zero attached hydrogens (tertiary/aromatic N) is 1. The average Bonchev–Trinajstić information content (AvgIpc) is 3.09. The van der Waals surface area contributed by atoms with Crippen LogP contribution in [0.15, 0.2) is 64.6 Å². The van der Waals surface area contributed by atoms with Crippen molar-refractivity contribution in [1.29, 1.82) is 5.26 Å². The van der Waals surface area contributed by atoms with Gasteiger partial charge >= 0.3 is 0 Å². The molecule has 0 bridgehead atoms. The number of aryl methyl sites for hydroxylation is 1. The Morgan fingerprint density at radius 1 is 1.15 bits per heavy atom. The number of nitriles is 1. The fraction of sp³-hybridized carbons (Fsp3) is 0.0476. The van der Waals surface area contributed by atoms with Gasteiger partial charge in [-0.25, -0.2) is 0 Å². The summed E-state index contributed by atoms with van der Waals surface area (Å²) in [5, 5.41) is 13.0. The van der Waals surface area contributed by atoms with Crippen molar-refractivity contribution in [3.05, 3.63) is 81.5 Å². The Balaban J connectivity index is 1.84. The molecule has 27 heavy (non-hydrogen) atoms. The molecule has 0 fully saturated rings. The minimum atomic E-state index is -0.505. The van der Waals surface area contributed by atoms with Crippen LogP contribution in [0.3, 0.4) is 0 Å². The number of rotatable bonds is 4. The molecule has 134 valence electrons. The molecule has 0 saturated carbocycles. The first-order valence-corrected chi connectivity index (χ1v) is 8.77. The maximum absolute atomic E-state index is 12.4. The molecule has 3 aromatic rings. The SMILES string of the molecule is Cc1ccccc1NC(=O)/C(C#N)=C/c1ccc(-c2ccc(Cl)cc2Cl)o1. The largest absolute Gasteiger partial charge is 0.457 e. The zero-order chi connectivity index (χ0) is 19.4. The van der Waals surface area contributed by atoms with Crippen molar-refractivity contribution in [1.82, 2.24) is 0 Å². The Kier molecular flexibility index (Phi) is 5.66. The van der Waals surface area contributed by atoms with Crippen LogP contribution in [0.5, 0.6) is 0 Å². The van der Waals surface area contributed by atoms with Gasteiger partial charge in [0.25, 0.3) is 5.91 Å². The average molecular weight is 397 g/mol. The zero-order valence-electron chi connectivity index (χ0n) is 14.3. The van der Waals surface area contributed by atoms with Crippen molar-refractivity contribution in [2.75, 3.05) is 5.32 Å². The van der Waals surface area contributed by atoms with E-state index in [4.69, 9.17) is 27.6 Å². The lowest BCUT2D eigenvalue weighted by molar-refractivity contribution is -0.112. The molecule has 0 radical (unpaired) electrons. The minimum absolute atomic E-state index is 0.0682. The van der Waals surface area contributed by atoms with Crippen LogP contribution >= 0.6 is 23.2 Å². The Morgan fingerprint density at radius 2 is 1.93 bits per heavy atom. The summed E-state index contributed by atoms with van der Waals surface area (Å²) < 4.78 is 5.71. The second-order valence-corrected chi connectivity index (χ2v) is 6.61. The number of nitrogens with one attached hydrogen (secondary N) is 1. The van der Waals surface area contributed by atoms with Crippen LogP contribution < -0.4 is 5.32 Å². The Hall–Kier alpha value is -3.00. The van der Waals surface area contributed by atoms with Crippen LogP contribution in [-0.4, -0.2) is 5.91 Å². The molecular formula is C21H14Cl2N2O2. The predicted molar refractivity (Wildman–Crippen MR) is 108 cm³/mol. The molecule has 2 aromatic carbocycles. The number of para-hydroxylation sites is 1. The molecule has 3 rings (SSSR count). The van der Waals surface area contributed by atoms with Crippen LogP contribution in [0, 0.1) is 18.3 Å². The number of carbonyl (C=O) groups is 1. The maximum atomic E-state index is 12.4. The lowest BCUT2D eigenvalue weighted by atomic mass is 10.1. The number of hydrogen-bond donors (Lipinski definition) is 1. The summed E-state index contributed by atoms with van der Waals surface area (Å²) in [6, 6.07) is 17.7. The smallest absolute Gasteiger partial charge is 0.266 e. The molecule has 1 aromatic heterocycles. The van der Waals surface area contributed by atoms with Crippen LogP contribution in [0.25, 0.3) is 17.4 Å². The summed E-state index contributed by atoms with van der Waals surface area (Å²) in [6.07, 6.45) is 1.39. The lowest BCUT2D eigenvalue weighted by Crippen LogP contribution is -2.14. The number of amides is 1. The molecule has 0 aliphatic rings. The normalized spacial score (nSPS) is 11.1. The van der Waals surface area contributed by atoms with Gasteiger partial charge in [-0.2, -0.15) is 5.26 Å². The molecule has 6 heteroatoms. The fourth-order valence-electron chi connectivity index (χ4n) is 2.46. The first kappa shape index (κ1) is 18.8. The van der Waals surface area contributed by atoms with Crippen LogP contribution in [0.4, 0.5) is 5.69 Å². The maximum Gasteiger partial charge on any atom is 0.266 e. The van der Waals surface area contributed by atoms with E-state index >= 15 is 0 Å². The first-order valence-electron chi connectivity index (χ1n) is 8.02. The van der Waals surface area contributed by atoms with E-state index in [2.05, 4.69) is 5.32 Å². The van der Waals surface area contributed by atoms with Gasteiger partial charge in [0.15, 0.2) is 0 Å². The minimum Gasteiger partial charge on any atom is -0.457 e. The van der Waals surface area contributed by atoms with E-state index in [9.17, 15) is 10.1 Å². The van der Waals surface area contributed by atoms with Crippen molar-refractivity contribution in [3.8, 4) is 17.4 Å². The Labute approximate surface area is 166 Å². The van der Waals surface area contributed by atoms with E-state index in [1.54, 1.807) is 36.4 Å². The fourth-order valence-corrected chi connectivity index (χ4v) is 2.96. The van der Waals surface area contributed by atoms with E-state index in [0.717, 1.165) is 5.56 Å². The second kappa shape index (κ2) is 8.13. The molecule has 1 heterocycles. The van der Waals surface area contributed by atoms with Gasteiger partial charge in [-0.15, -0.1) is 0 Å². The Bertz CT molecular complexity index is 1080. The van der Waals surface area contributed by atoms with E-state index < -0.39 is 5.91 Å². The number of benzene rings is 2. The molecule has 0 atom stereocenters.